The lowest BCUT2D eigenvalue weighted by Crippen LogP contribution is -2.24. The Morgan fingerprint density at radius 2 is 1.75 bits per heavy atom. The van der Waals surface area contributed by atoms with Gasteiger partial charge in [0.1, 0.15) is 5.82 Å². The van der Waals surface area contributed by atoms with E-state index in [0.29, 0.717) is 22.6 Å². The van der Waals surface area contributed by atoms with Crippen LogP contribution in [0.4, 0.5) is 10.1 Å². The minimum absolute atomic E-state index is 0.0795. The topological polar surface area (TPSA) is 46.2 Å². The first kappa shape index (κ1) is 13.1. The third-order valence-electron chi connectivity index (χ3n) is 3.51. The van der Waals surface area contributed by atoms with Crippen LogP contribution in [-0.2, 0) is 9.84 Å². The molecule has 3 nitrogen and oxygen atoms in total. The fraction of sp³-hybridized carbons (Fsp3) is 0.200. The van der Waals surface area contributed by atoms with E-state index >= 15 is 0 Å². The Balaban J connectivity index is 1.99. The number of nitrogens with one attached hydrogen (secondary N) is 1. The molecule has 0 aliphatic carbocycles. The number of halogens is 1. The maximum atomic E-state index is 13.7. The van der Waals surface area contributed by atoms with Crippen LogP contribution in [-0.4, -0.2) is 14.2 Å². The Hall–Kier alpha value is -1.88. The average Bonchev–Trinajstić information content (AvgIpc) is 2.44. The first-order chi connectivity index (χ1) is 9.58. The van der Waals surface area contributed by atoms with Crippen LogP contribution in [0.3, 0.4) is 0 Å². The maximum absolute atomic E-state index is 13.7. The van der Waals surface area contributed by atoms with Crippen molar-refractivity contribution in [3.05, 3.63) is 59.9 Å². The molecule has 0 amide bonds. The molecule has 3 rings (SSSR count). The zero-order valence-corrected chi connectivity index (χ0v) is 11.5. The summed E-state index contributed by atoms with van der Waals surface area (Å²) in [6, 6.07) is 13.1. The van der Waals surface area contributed by atoms with Crippen LogP contribution in [0, 0.1) is 5.82 Å². The van der Waals surface area contributed by atoms with Gasteiger partial charge < -0.3 is 5.32 Å². The lowest BCUT2D eigenvalue weighted by atomic mass is 10.0. The zero-order valence-electron chi connectivity index (χ0n) is 10.7. The molecule has 2 aromatic rings. The fourth-order valence-corrected chi connectivity index (χ4v) is 4.13. The van der Waals surface area contributed by atoms with E-state index in [-0.39, 0.29) is 17.6 Å². The highest BCUT2D eigenvalue weighted by molar-refractivity contribution is 7.91. The van der Waals surface area contributed by atoms with Gasteiger partial charge in [-0.05, 0) is 30.2 Å². The van der Waals surface area contributed by atoms with Crippen molar-refractivity contribution in [3.63, 3.8) is 0 Å². The Labute approximate surface area is 117 Å². The van der Waals surface area contributed by atoms with Crippen LogP contribution in [0.25, 0.3) is 0 Å². The standard InChI is InChI=1S/C15H14FNO2S/c16-12-6-2-3-7-14(12)17-13-9-10-20(18,19)15-8-4-1-5-11(13)15/h1-8,13,17H,9-10H2. The van der Waals surface area contributed by atoms with Crippen LogP contribution in [0.15, 0.2) is 53.4 Å². The van der Waals surface area contributed by atoms with Gasteiger partial charge in [0.15, 0.2) is 9.84 Å². The first-order valence-corrected chi connectivity index (χ1v) is 8.06. The van der Waals surface area contributed by atoms with Crippen LogP contribution in [0.5, 0.6) is 0 Å². The molecule has 1 atom stereocenters. The number of fused-ring (bicyclic) bond motifs is 1. The molecule has 0 saturated heterocycles. The number of anilines is 1. The van der Waals surface area contributed by atoms with E-state index in [0.717, 1.165) is 0 Å². The predicted molar refractivity (Wildman–Crippen MR) is 75.9 cm³/mol. The van der Waals surface area contributed by atoms with Crippen molar-refractivity contribution in [2.45, 2.75) is 17.4 Å². The molecule has 0 saturated carbocycles. The normalized spacial score (nSPS) is 20.1. The molecule has 0 bridgehead atoms. The summed E-state index contributed by atoms with van der Waals surface area (Å²) in [5.41, 5.74) is 1.11. The summed E-state index contributed by atoms with van der Waals surface area (Å²) in [6.07, 6.45) is 0.438. The van der Waals surface area contributed by atoms with Crippen LogP contribution >= 0.6 is 0 Å². The van der Waals surface area contributed by atoms with Crippen molar-refractivity contribution in [2.75, 3.05) is 11.1 Å². The van der Waals surface area contributed by atoms with Crippen molar-refractivity contribution in [2.24, 2.45) is 0 Å². The Bertz CT molecular complexity index is 743. The summed E-state index contributed by atoms with van der Waals surface area (Å²) in [5, 5.41) is 3.10. The van der Waals surface area contributed by atoms with Gasteiger partial charge in [-0.15, -0.1) is 0 Å². The van der Waals surface area contributed by atoms with Crippen molar-refractivity contribution < 1.29 is 12.8 Å². The lowest BCUT2D eigenvalue weighted by molar-refractivity contribution is 0.574. The first-order valence-electron chi connectivity index (χ1n) is 6.41. The average molecular weight is 291 g/mol. The van der Waals surface area contributed by atoms with Crippen LogP contribution < -0.4 is 5.32 Å². The largest absolute Gasteiger partial charge is 0.376 e. The summed E-state index contributed by atoms with van der Waals surface area (Å²) in [4.78, 5) is 0.347. The monoisotopic (exact) mass is 291 g/mol. The smallest absolute Gasteiger partial charge is 0.178 e. The van der Waals surface area contributed by atoms with Gasteiger partial charge in [-0.2, -0.15) is 0 Å². The van der Waals surface area contributed by atoms with E-state index < -0.39 is 9.84 Å². The SMILES string of the molecule is O=S1(=O)CCC(Nc2ccccc2F)c2ccccc21. The number of sulfone groups is 1. The number of para-hydroxylation sites is 1. The Morgan fingerprint density at radius 1 is 1.05 bits per heavy atom. The summed E-state index contributed by atoms with van der Waals surface area (Å²) in [6.45, 7) is 0. The third-order valence-corrected chi connectivity index (χ3v) is 5.32. The molecule has 0 radical (unpaired) electrons. The summed E-state index contributed by atoms with van der Waals surface area (Å²) in [5.74, 6) is -0.255. The quantitative estimate of drug-likeness (QED) is 0.924. The van der Waals surface area contributed by atoms with E-state index in [4.69, 9.17) is 0 Å². The molecule has 5 heteroatoms. The van der Waals surface area contributed by atoms with Crippen molar-refractivity contribution >= 4 is 15.5 Å². The molecular weight excluding hydrogens is 277 g/mol. The van der Waals surface area contributed by atoms with Gasteiger partial charge in [0.25, 0.3) is 0 Å². The van der Waals surface area contributed by atoms with Gasteiger partial charge in [-0.3, -0.25) is 0 Å². The van der Waals surface area contributed by atoms with Crippen molar-refractivity contribution in [1.82, 2.24) is 0 Å². The second-order valence-corrected chi connectivity index (χ2v) is 6.90. The van der Waals surface area contributed by atoms with Crippen molar-refractivity contribution in [3.8, 4) is 0 Å². The number of benzene rings is 2. The fourth-order valence-electron chi connectivity index (χ4n) is 2.51. The van der Waals surface area contributed by atoms with E-state index in [9.17, 15) is 12.8 Å². The van der Waals surface area contributed by atoms with Crippen molar-refractivity contribution in [1.29, 1.82) is 0 Å². The zero-order chi connectivity index (χ0) is 14.2. The predicted octanol–water partition coefficient (Wildman–Crippen LogP) is 3.16. The molecule has 104 valence electrons. The molecular formula is C15H14FNO2S. The molecule has 1 aliphatic heterocycles. The van der Waals surface area contributed by atoms with E-state index in [1.165, 1.54) is 6.07 Å². The molecule has 1 unspecified atom stereocenters. The number of rotatable bonds is 2. The van der Waals surface area contributed by atoms with Gasteiger partial charge >= 0.3 is 0 Å². The van der Waals surface area contributed by atoms with Crippen LogP contribution in [0.1, 0.15) is 18.0 Å². The summed E-state index contributed by atoms with van der Waals surface area (Å²) in [7, 11) is -3.21. The number of hydrogen-bond acceptors (Lipinski definition) is 3. The Kier molecular flexibility index (Phi) is 3.22. The highest BCUT2D eigenvalue weighted by Gasteiger charge is 2.30. The molecule has 20 heavy (non-hydrogen) atoms. The van der Waals surface area contributed by atoms with Gasteiger partial charge in [0.05, 0.1) is 22.4 Å². The minimum Gasteiger partial charge on any atom is -0.376 e. The van der Waals surface area contributed by atoms with Gasteiger partial charge in [-0.1, -0.05) is 30.3 Å². The molecule has 0 spiro atoms. The third kappa shape index (κ3) is 2.29. The second kappa shape index (κ2) is 4.90. The van der Waals surface area contributed by atoms with E-state index in [2.05, 4.69) is 5.32 Å². The summed E-state index contributed by atoms with van der Waals surface area (Å²) >= 11 is 0. The van der Waals surface area contributed by atoms with Gasteiger partial charge in [0.2, 0.25) is 0 Å². The number of hydrogen-bond donors (Lipinski definition) is 1. The minimum atomic E-state index is -3.21. The highest BCUT2D eigenvalue weighted by Crippen LogP contribution is 2.34. The molecule has 2 aromatic carbocycles. The van der Waals surface area contributed by atoms with Gasteiger partial charge in [-0.25, -0.2) is 12.8 Å². The summed E-state index contributed by atoms with van der Waals surface area (Å²) < 4.78 is 37.8. The highest BCUT2D eigenvalue weighted by atomic mass is 32.2. The molecule has 1 N–H and O–H groups in total. The van der Waals surface area contributed by atoms with Gasteiger partial charge in [0, 0.05) is 0 Å². The molecule has 0 fully saturated rings. The van der Waals surface area contributed by atoms with Crippen LogP contribution in [0.2, 0.25) is 0 Å². The Morgan fingerprint density at radius 3 is 2.55 bits per heavy atom. The van der Waals surface area contributed by atoms with E-state index in [1.807, 2.05) is 0 Å². The lowest BCUT2D eigenvalue weighted by Gasteiger charge is -2.27. The second-order valence-electron chi connectivity index (χ2n) is 4.82. The maximum Gasteiger partial charge on any atom is 0.178 e. The molecule has 0 aromatic heterocycles. The van der Waals surface area contributed by atoms with E-state index in [1.54, 1.807) is 42.5 Å². The molecule has 1 heterocycles. The molecule has 1 aliphatic rings.